The summed E-state index contributed by atoms with van der Waals surface area (Å²) in [5.74, 6) is 1.16. The molecule has 0 unspecified atom stereocenters. The van der Waals surface area contributed by atoms with Gasteiger partial charge < -0.3 is 15.4 Å². The molecule has 2 N–H and O–H groups in total. The Kier molecular flexibility index (Phi) is 5.91. The van der Waals surface area contributed by atoms with Gasteiger partial charge in [0.1, 0.15) is 5.75 Å². The Bertz CT molecular complexity index is 724. The van der Waals surface area contributed by atoms with Gasteiger partial charge in [0, 0.05) is 31.0 Å². The SMILES string of the molecule is COc1ccc(N)cc1CN(C(=O)N(C)C)c1ccc(C(C)C)cc1. The predicted molar refractivity (Wildman–Crippen MR) is 103 cm³/mol. The van der Waals surface area contributed by atoms with Crippen molar-refractivity contribution in [3.63, 3.8) is 0 Å². The lowest BCUT2D eigenvalue weighted by molar-refractivity contribution is 0.223. The van der Waals surface area contributed by atoms with Crippen LogP contribution in [0.25, 0.3) is 0 Å². The zero-order valence-electron chi connectivity index (χ0n) is 15.6. The van der Waals surface area contributed by atoms with Crippen molar-refractivity contribution in [2.24, 2.45) is 0 Å². The lowest BCUT2D eigenvalue weighted by Gasteiger charge is -2.27. The van der Waals surface area contributed by atoms with Gasteiger partial charge >= 0.3 is 6.03 Å². The van der Waals surface area contributed by atoms with E-state index in [0.717, 1.165) is 11.3 Å². The van der Waals surface area contributed by atoms with Crippen LogP contribution in [-0.2, 0) is 6.54 Å². The van der Waals surface area contributed by atoms with Gasteiger partial charge in [-0.25, -0.2) is 4.79 Å². The average molecular weight is 341 g/mol. The number of carbonyl (C=O) groups excluding carboxylic acids is 1. The zero-order chi connectivity index (χ0) is 18.6. The fraction of sp³-hybridized carbons (Fsp3) is 0.350. The van der Waals surface area contributed by atoms with Gasteiger partial charge in [-0.1, -0.05) is 26.0 Å². The molecule has 0 atom stereocenters. The molecule has 2 rings (SSSR count). The second-order valence-corrected chi connectivity index (χ2v) is 6.58. The Morgan fingerprint density at radius 3 is 2.28 bits per heavy atom. The Labute approximate surface area is 150 Å². The number of nitrogens with two attached hydrogens (primary N) is 1. The number of carbonyl (C=O) groups is 1. The molecule has 5 nitrogen and oxygen atoms in total. The molecule has 0 spiro atoms. The molecule has 2 aromatic carbocycles. The molecule has 0 heterocycles. The highest BCUT2D eigenvalue weighted by atomic mass is 16.5. The van der Waals surface area contributed by atoms with Crippen molar-refractivity contribution in [2.45, 2.75) is 26.3 Å². The molecule has 0 saturated carbocycles. The monoisotopic (exact) mass is 341 g/mol. The molecule has 25 heavy (non-hydrogen) atoms. The standard InChI is InChI=1S/C20H27N3O2/c1-14(2)15-6-9-18(10-7-15)23(20(24)22(3)4)13-16-12-17(21)8-11-19(16)25-5/h6-12,14H,13,21H2,1-5H3. The number of hydrogen-bond donors (Lipinski definition) is 1. The molecule has 0 aliphatic heterocycles. The summed E-state index contributed by atoms with van der Waals surface area (Å²) in [5.41, 5.74) is 9.50. The largest absolute Gasteiger partial charge is 0.496 e. The van der Waals surface area contributed by atoms with Gasteiger partial charge in [-0.2, -0.15) is 0 Å². The third kappa shape index (κ3) is 4.44. The highest BCUT2D eigenvalue weighted by Gasteiger charge is 2.20. The van der Waals surface area contributed by atoms with E-state index in [1.807, 2.05) is 24.3 Å². The van der Waals surface area contributed by atoms with Crippen molar-refractivity contribution in [1.29, 1.82) is 0 Å². The van der Waals surface area contributed by atoms with Crippen LogP contribution in [0.1, 0.15) is 30.9 Å². The Morgan fingerprint density at radius 2 is 1.76 bits per heavy atom. The molecular formula is C20H27N3O2. The number of hydrogen-bond acceptors (Lipinski definition) is 3. The number of benzene rings is 2. The van der Waals surface area contributed by atoms with Gasteiger partial charge in [-0.15, -0.1) is 0 Å². The molecule has 0 saturated heterocycles. The minimum absolute atomic E-state index is 0.0956. The molecule has 0 aromatic heterocycles. The second kappa shape index (κ2) is 7.92. The van der Waals surface area contributed by atoms with Crippen LogP contribution in [0.2, 0.25) is 0 Å². The van der Waals surface area contributed by atoms with E-state index in [2.05, 4.69) is 26.0 Å². The van der Waals surface area contributed by atoms with Gasteiger partial charge in [0.05, 0.1) is 13.7 Å². The first kappa shape index (κ1) is 18.6. The molecule has 0 fully saturated rings. The van der Waals surface area contributed by atoms with E-state index in [1.54, 1.807) is 37.1 Å². The summed E-state index contributed by atoms with van der Waals surface area (Å²) >= 11 is 0. The molecule has 2 amide bonds. The van der Waals surface area contributed by atoms with Gasteiger partial charge in [0.25, 0.3) is 0 Å². The van der Waals surface area contributed by atoms with E-state index < -0.39 is 0 Å². The summed E-state index contributed by atoms with van der Waals surface area (Å²) in [6, 6.07) is 13.5. The third-order valence-electron chi connectivity index (χ3n) is 4.12. The molecule has 2 aromatic rings. The molecule has 0 aliphatic rings. The lowest BCUT2D eigenvalue weighted by Crippen LogP contribution is -2.39. The Balaban J connectivity index is 2.40. The Morgan fingerprint density at radius 1 is 1.12 bits per heavy atom. The number of urea groups is 1. The van der Waals surface area contributed by atoms with Crippen LogP contribution in [0.15, 0.2) is 42.5 Å². The summed E-state index contributed by atoms with van der Waals surface area (Å²) < 4.78 is 5.42. The first-order chi connectivity index (χ1) is 11.8. The van der Waals surface area contributed by atoms with Crippen molar-refractivity contribution in [1.82, 2.24) is 4.90 Å². The van der Waals surface area contributed by atoms with Crippen LogP contribution < -0.4 is 15.4 Å². The second-order valence-electron chi connectivity index (χ2n) is 6.58. The van der Waals surface area contributed by atoms with Crippen molar-refractivity contribution >= 4 is 17.4 Å². The van der Waals surface area contributed by atoms with Crippen molar-refractivity contribution in [3.8, 4) is 5.75 Å². The number of anilines is 2. The van der Waals surface area contributed by atoms with E-state index >= 15 is 0 Å². The maximum atomic E-state index is 12.7. The third-order valence-corrected chi connectivity index (χ3v) is 4.12. The number of ether oxygens (including phenoxy) is 1. The van der Waals surface area contributed by atoms with Gasteiger partial charge in [-0.3, -0.25) is 4.90 Å². The topological polar surface area (TPSA) is 58.8 Å². The number of nitrogen functional groups attached to an aromatic ring is 1. The highest BCUT2D eigenvalue weighted by molar-refractivity contribution is 5.91. The van der Waals surface area contributed by atoms with Crippen LogP contribution in [0.3, 0.4) is 0 Å². The summed E-state index contributed by atoms with van der Waals surface area (Å²) in [5, 5.41) is 0. The van der Waals surface area contributed by atoms with Crippen LogP contribution in [0, 0.1) is 0 Å². The average Bonchev–Trinajstić information content (AvgIpc) is 2.59. The maximum absolute atomic E-state index is 12.7. The van der Waals surface area contributed by atoms with Crippen molar-refractivity contribution < 1.29 is 9.53 Å². The smallest absolute Gasteiger partial charge is 0.324 e. The molecule has 0 radical (unpaired) electrons. The van der Waals surface area contributed by atoms with Gasteiger partial charge in [0.2, 0.25) is 0 Å². The van der Waals surface area contributed by atoms with E-state index in [4.69, 9.17) is 10.5 Å². The molecule has 0 aliphatic carbocycles. The minimum Gasteiger partial charge on any atom is -0.496 e. The fourth-order valence-corrected chi connectivity index (χ4v) is 2.64. The van der Waals surface area contributed by atoms with Gasteiger partial charge in [0.15, 0.2) is 0 Å². The number of amides is 2. The Hall–Kier alpha value is -2.69. The van der Waals surface area contributed by atoms with Crippen LogP contribution in [0.4, 0.5) is 16.2 Å². The van der Waals surface area contributed by atoms with Crippen LogP contribution >= 0.6 is 0 Å². The van der Waals surface area contributed by atoms with E-state index in [9.17, 15) is 4.79 Å². The molecule has 5 heteroatoms. The molecular weight excluding hydrogens is 314 g/mol. The summed E-state index contributed by atoms with van der Waals surface area (Å²) in [6.07, 6.45) is 0. The zero-order valence-corrected chi connectivity index (χ0v) is 15.6. The fourth-order valence-electron chi connectivity index (χ4n) is 2.64. The van der Waals surface area contributed by atoms with Crippen LogP contribution in [-0.4, -0.2) is 32.1 Å². The van der Waals surface area contributed by atoms with Crippen LogP contribution in [0.5, 0.6) is 5.75 Å². The quantitative estimate of drug-likeness (QED) is 0.833. The number of rotatable bonds is 5. The summed E-state index contributed by atoms with van der Waals surface area (Å²) in [6.45, 7) is 4.68. The molecule has 0 bridgehead atoms. The highest BCUT2D eigenvalue weighted by Crippen LogP contribution is 2.27. The molecule has 134 valence electrons. The minimum atomic E-state index is -0.0956. The van der Waals surface area contributed by atoms with Crippen molar-refractivity contribution in [2.75, 3.05) is 31.8 Å². The number of methoxy groups -OCH3 is 1. The summed E-state index contributed by atoms with van der Waals surface area (Å²) in [4.78, 5) is 16.0. The van der Waals surface area contributed by atoms with E-state index in [1.165, 1.54) is 5.56 Å². The van der Waals surface area contributed by atoms with Gasteiger partial charge in [-0.05, 0) is 41.8 Å². The van der Waals surface area contributed by atoms with Crippen molar-refractivity contribution in [3.05, 3.63) is 53.6 Å². The number of nitrogens with zero attached hydrogens (tertiary/aromatic N) is 2. The summed E-state index contributed by atoms with van der Waals surface area (Å²) in [7, 11) is 5.10. The maximum Gasteiger partial charge on any atom is 0.324 e. The normalized spacial score (nSPS) is 10.6. The first-order valence-corrected chi connectivity index (χ1v) is 8.34. The van der Waals surface area contributed by atoms with E-state index in [-0.39, 0.29) is 6.03 Å². The first-order valence-electron chi connectivity index (χ1n) is 8.34. The predicted octanol–water partition coefficient (Wildman–Crippen LogP) is 4.09. The van der Waals surface area contributed by atoms with E-state index in [0.29, 0.717) is 23.9 Å². The lowest BCUT2D eigenvalue weighted by atomic mass is 10.0.